The predicted molar refractivity (Wildman–Crippen MR) is 35.7 cm³/mol. The average molecular weight is 123 g/mol. The van der Waals surface area contributed by atoms with Crippen LogP contribution in [0, 0.1) is 12.3 Å². The van der Waals surface area contributed by atoms with Crippen LogP contribution in [0.25, 0.3) is 0 Å². The first-order valence-electron chi connectivity index (χ1n) is 2.75. The molecule has 0 radical (unpaired) electrons. The Morgan fingerprint density at radius 1 is 1.78 bits per heavy atom. The molecule has 0 bridgehead atoms. The lowest BCUT2D eigenvalue weighted by Crippen LogP contribution is -2.16. The number of hydrogen-bond donors (Lipinski definition) is 0. The molecule has 1 unspecified atom stereocenters. The molecular weight excluding hydrogens is 114 g/mol. The summed E-state index contributed by atoms with van der Waals surface area (Å²) >= 11 is 0. The Bertz CT molecular complexity index is 174. The highest BCUT2D eigenvalue weighted by Gasteiger charge is 2.15. The van der Waals surface area contributed by atoms with Crippen molar-refractivity contribution in [3.8, 4) is 12.3 Å². The van der Waals surface area contributed by atoms with Crippen LogP contribution in [0.1, 0.15) is 20.3 Å². The molecule has 0 aliphatic rings. The number of rotatable bonds is 2. The second-order valence-corrected chi connectivity index (χ2v) is 1.97. The van der Waals surface area contributed by atoms with Crippen molar-refractivity contribution < 1.29 is 4.79 Å². The van der Waals surface area contributed by atoms with Crippen LogP contribution in [0.2, 0.25) is 0 Å². The molecule has 48 valence electrons. The lowest BCUT2D eigenvalue weighted by molar-refractivity contribution is 0.538. The molecule has 0 aromatic heterocycles. The Labute approximate surface area is 55.0 Å². The quantitative estimate of drug-likeness (QED) is 0.307. The van der Waals surface area contributed by atoms with E-state index >= 15 is 0 Å². The van der Waals surface area contributed by atoms with Gasteiger partial charge in [-0.2, -0.15) is 4.99 Å². The molecule has 0 aliphatic heterocycles. The van der Waals surface area contributed by atoms with Crippen LogP contribution >= 0.6 is 0 Å². The van der Waals surface area contributed by atoms with E-state index in [9.17, 15) is 4.79 Å². The van der Waals surface area contributed by atoms with Gasteiger partial charge in [0.05, 0.1) is 0 Å². The zero-order chi connectivity index (χ0) is 7.33. The maximum atomic E-state index is 9.75. The van der Waals surface area contributed by atoms with Crippen LogP contribution in [0.3, 0.4) is 0 Å². The molecule has 0 N–H and O–H groups in total. The second-order valence-electron chi connectivity index (χ2n) is 1.97. The molecule has 9 heavy (non-hydrogen) atoms. The van der Waals surface area contributed by atoms with Gasteiger partial charge < -0.3 is 0 Å². The molecule has 0 amide bonds. The fraction of sp³-hybridized carbons (Fsp3) is 0.571. The fourth-order valence-electron chi connectivity index (χ4n) is 0.314. The third kappa shape index (κ3) is 2.12. The molecule has 0 heterocycles. The van der Waals surface area contributed by atoms with Crippen molar-refractivity contribution in [2.45, 2.75) is 25.8 Å². The minimum Gasteiger partial charge on any atom is -0.211 e. The van der Waals surface area contributed by atoms with E-state index in [0.717, 1.165) is 0 Å². The highest BCUT2D eigenvalue weighted by molar-refractivity contribution is 5.36. The van der Waals surface area contributed by atoms with Gasteiger partial charge in [-0.05, 0) is 13.3 Å². The normalized spacial score (nSPS) is 14.8. The number of isocyanates is 1. The van der Waals surface area contributed by atoms with Gasteiger partial charge in [-0.25, -0.2) is 4.79 Å². The highest BCUT2D eigenvalue weighted by Crippen LogP contribution is 2.11. The smallest absolute Gasteiger partial charge is 0.211 e. The Hall–Kier alpha value is -1.06. The van der Waals surface area contributed by atoms with Crippen molar-refractivity contribution in [1.82, 2.24) is 0 Å². The van der Waals surface area contributed by atoms with Gasteiger partial charge in [0, 0.05) is 0 Å². The first-order valence-corrected chi connectivity index (χ1v) is 2.75. The van der Waals surface area contributed by atoms with Crippen molar-refractivity contribution in [2.24, 2.45) is 4.99 Å². The topological polar surface area (TPSA) is 29.4 Å². The summed E-state index contributed by atoms with van der Waals surface area (Å²) in [5.41, 5.74) is -0.637. The summed E-state index contributed by atoms with van der Waals surface area (Å²) in [5, 5.41) is 0. The molecule has 0 fully saturated rings. The molecule has 0 saturated heterocycles. The molecule has 0 rings (SSSR count). The van der Waals surface area contributed by atoms with E-state index in [4.69, 9.17) is 6.42 Å². The van der Waals surface area contributed by atoms with Crippen molar-refractivity contribution in [3.63, 3.8) is 0 Å². The first-order chi connectivity index (χ1) is 4.18. The molecule has 0 aromatic carbocycles. The van der Waals surface area contributed by atoms with Crippen molar-refractivity contribution in [3.05, 3.63) is 0 Å². The monoisotopic (exact) mass is 123 g/mol. The zero-order valence-electron chi connectivity index (χ0n) is 5.64. The van der Waals surface area contributed by atoms with E-state index < -0.39 is 5.54 Å². The summed E-state index contributed by atoms with van der Waals surface area (Å²) in [6.07, 6.45) is 7.19. The van der Waals surface area contributed by atoms with Crippen molar-refractivity contribution in [1.29, 1.82) is 0 Å². The van der Waals surface area contributed by atoms with E-state index in [1.54, 1.807) is 6.92 Å². The van der Waals surface area contributed by atoms with Crippen molar-refractivity contribution >= 4 is 6.08 Å². The second kappa shape index (κ2) is 3.06. The third-order valence-electron chi connectivity index (χ3n) is 1.29. The van der Waals surface area contributed by atoms with E-state index in [-0.39, 0.29) is 0 Å². The lowest BCUT2D eigenvalue weighted by atomic mass is 10.0. The lowest BCUT2D eigenvalue weighted by Gasteiger charge is -2.11. The zero-order valence-corrected chi connectivity index (χ0v) is 5.64. The van der Waals surface area contributed by atoms with Crippen molar-refractivity contribution in [2.75, 3.05) is 0 Å². The molecule has 0 saturated carbocycles. The SMILES string of the molecule is C#CC(C)(CC)N=C=O. The van der Waals surface area contributed by atoms with E-state index in [2.05, 4.69) is 10.9 Å². The molecule has 1 atom stereocenters. The van der Waals surface area contributed by atoms with Gasteiger partial charge in [-0.15, -0.1) is 6.42 Å². The number of aliphatic imine (C=N–C) groups is 1. The van der Waals surface area contributed by atoms with Gasteiger partial charge in [-0.3, -0.25) is 0 Å². The summed E-state index contributed by atoms with van der Waals surface area (Å²) in [6.45, 7) is 3.60. The number of carbonyl (C=O) groups excluding carboxylic acids is 1. The van der Waals surface area contributed by atoms with Gasteiger partial charge in [0.2, 0.25) is 6.08 Å². The molecule has 0 aliphatic carbocycles. The largest absolute Gasteiger partial charge is 0.236 e. The first kappa shape index (κ1) is 7.94. The molecule has 0 aromatic rings. The fourth-order valence-corrected chi connectivity index (χ4v) is 0.314. The Morgan fingerprint density at radius 2 is 2.33 bits per heavy atom. The maximum Gasteiger partial charge on any atom is 0.236 e. The summed E-state index contributed by atoms with van der Waals surface area (Å²) in [7, 11) is 0. The molecule has 0 spiro atoms. The Morgan fingerprint density at radius 3 is 2.44 bits per heavy atom. The summed E-state index contributed by atoms with van der Waals surface area (Å²) in [4.78, 5) is 13.2. The Balaban J connectivity index is 4.32. The average Bonchev–Trinajstić information content (AvgIpc) is 1.89. The van der Waals surface area contributed by atoms with Crippen LogP contribution in [-0.4, -0.2) is 11.6 Å². The third-order valence-corrected chi connectivity index (χ3v) is 1.29. The van der Waals surface area contributed by atoms with Gasteiger partial charge in [0.1, 0.15) is 5.54 Å². The minimum atomic E-state index is -0.637. The summed E-state index contributed by atoms with van der Waals surface area (Å²) in [5.74, 6) is 2.40. The number of terminal acetylenes is 1. The van der Waals surface area contributed by atoms with Gasteiger partial charge in [-0.1, -0.05) is 12.8 Å². The van der Waals surface area contributed by atoms with Crippen LogP contribution in [-0.2, 0) is 4.79 Å². The van der Waals surface area contributed by atoms with Crippen LogP contribution in [0.15, 0.2) is 4.99 Å². The summed E-state index contributed by atoms with van der Waals surface area (Å²) in [6, 6.07) is 0. The molecular formula is C7H9NO. The van der Waals surface area contributed by atoms with E-state index in [0.29, 0.717) is 6.42 Å². The van der Waals surface area contributed by atoms with Crippen LogP contribution in [0.5, 0.6) is 0 Å². The predicted octanol–water partition coefficient (Wildman–Crippen LogP) is 1.12. The van der Waals surface area contributed by atoms with Gasteiger partial charge in [0.25, 0.3) is 0 Å². The van der Waals surface area contributed by atoms with E-state index in [1.807, 2.05) is 6.92 Å². The number of hydrogen-bond acceptors (Lipinski definition) is 2. The minimum absolute atomic E-state index is 0.637. The summed E-state index contributed by atoms with van der Waals surface area (Å²) < 4.78 is 0. The molecule has 2 heteroatoms. The number of nitrogens with zero attached hydrogens (tertiary/aromatic N) is 1. The standard InChI is InChI=1S/C7H9NO/c1-4-7(3,5-2)8-6-9/h1H,5H2,2-3H3. The van der Waals surface area contributed by atoms with Gasteiger partial charge in [0.15, 0.2) is 0 Å². The van der Waals surface area contributed by atoms with E-state index in [1.165, 1.54) is 6.08 Å². The molecule has 2 nitrogen and oxygen atoms in total. The highest BCUT2D eigenvalue weighted by atomic mass is 16.1. The van der Waals surface area contributed by atoms with Gasteiger partial charge >= 0.3 is 0 Å². The Kier molecular flexibility index (Phi) is 2.70. The van der Waals surface area contributed by atoms with Crippen LogP contribution < -0.4 is 0 Å². The maximum absolute atomic E-state index is 9.75. The van der Waals surface area contributed by atoms with Crippen LogP contribution in [0.4, 0.5) is 0 Å².